The Morgan fingerprint density at radius 3 is 0.688 bits per heavy atom. The van der Waals surface area contributed by atoms with E-state index in [1.54, 1.807) is 0 Å². The number of benzene rings is 9. The molecule has 0 bridgehead atoms. The average molecular weight is 2080 g/mol. The number of hydrogen-bond acceptors (Lipinski definition) is 15. The standard InChI is InChI=1S/3C18H15S.C14H20F2O4.2C11H18O3.C10H16O2.C4H8O.2C3H4F2O2.CH4I/c3*1-4-10-16(11-5-1)19(17-12-6-2-7-13-17)18-14-8-3-9-15-18;1-4-14(7-5-6-8-14)20-11(17)10(2)9-19-12(18)13(3,15)16;2*1-3-11(6-4-5-7-11)14-10(13)9(2)8-12;1-3-9(11)12-10(4-2)7-5-6-8-10;1-2-4-5-3-1;2*1-3(4,5)2(6)7;1-2/h3*1-15H;2,4-9H2,1,3H3;2*12H,2-8H2,1H3;3H,1,4-8H2,2H3;1-4H2;2*1H3,(H,6,7);2H,1H3/q3*+1;;;;;;;;-1/i;;;;;;;;;;2D. The molecule has 4 N–H and O–H groups in total. The Morgan fingerprint density at radius 1 is 0.362 bits per heavy atom. The van der Waals surface area contributed by atoms with Crippen LogP contribution in [0.3, 0.4) is 0 Å². The Balaban J connectivity index is 0.000000328. The zero-order chi connectivity index (χ0) is 103. The first kappa shape index (κ1) is 118. The molecule has 14 rings (SSSR count). The first-order valence-corrected chi connectivity index (χ1v) is 52.0. The van der Waals surface area contributed by atoms with Crippen molar-refractivity contribution in [3.05, 3.63) is 322 Å². The second-order valence-electron chi connectivity index (χ2n) is 32.8. The van der Waals surface area contributed by atoms with Gasteiger partial charge in [0, 0.05) is 40.1 Å². The molecule has 1 saturated heterocycles. The van der Waals surface area contributed by atoms with Gasteiger partial charge in [0.05, 0.1) is 62.6 Å². The number of carboxylic acids is 2. The van der Waals surface area contributed by atoms with Crippen molar-refractivity contribution in [3.63, 3.8) is 0 Å². The van der Waals surface area contributed by atoms with E-state index >= 15 is 0 Å². The molecule has 9 aromatic carbocycles. The number of hydrogen-bond donors (Lipinski definition) is 4. The molecule has 4 saturated carbocycles. The summed E-state index contributed by atoms with van der Waals surface area (Å²) in [5, 5.41) is 32.5. The monoisotopic (exact) mass is 2080 g/mol. The van der Waals surface area contributed by atoms with E-state index in [2.05, 4.69) is 311 Å². The van der Waals surface area contributed by atoms with E-state index in [-0.39, 0.29) is 108 Å². The fourth-order valence-corrected chi connectivity index (χ4v) is 20.8. The molecular weight excluding hydrogens is 1940 g/mol. The second kappa shape index (κ2) is 63.9. The van der Waals surface area contributed by atoms with Gasteiger partial charge in [0.2, 0.25) is 0 Å². The minimum Gasteiger partial charge on any atom is -0.0619 e. The molecule has 4 aliphatic carbocycles. The normalized spacial score (nSPS) is 14.8. The van der Waals surface area contributed by atoms with Crippen LogP contribution in [0.5, 0.6) is 0 Å². The molecule has 0 unspecified atom stereocenters. The largest absolute Gasteiger partial charge is 0.166 e. The Hall–Kier alpha value is -10.5. The van der Waals surface area contributed by atoms with E-state index in [0.717, 1.165) is 122 Å². The van der Waals surface area contributed by atoms with Crippen LogP contribution in [0.1, 0.15) is 190 Å². The maximum Gasteiger partial charge on any atom is 0.166 e. The van der Waals surface area contributed by atoms with Crippen molar-refractivity contribution in [2.75, 3.05) is 38.0 Å². The molecule has 17 nitrogen and oxygen atoms in total. The number of carbonyl (C=O) groups is 7. The topological polar surface area (TPSA) is 256 Å². The van der Waals surface area contributed by atoms with Crippen LogP contribution in [0.25, 0.3) is 0 Å². The van der Waals surface area contributed by atoms with Gasteiger partial charge in [-0.2, -0.15) is 26.3 Å². The quantitative estimate of drug-likeness (QED) is 0.00676. The zero-order valence-electron chi connectivity index (χ0n) is 81.4. The van der Waals surface area contributed by atoms with E-state index in [1.807, 2.05) is 25.7 Å². The Bertz CT molecular complexity index is 4400. The fourth-order valence-electron chi connectivity index (χ4n) is 14.5. The number of esters is 5. The summed E-state index contributed by atoms with van der Waals surface area (Å²) in [6.07, 6.45) is 23.3. The molecule has 0 atom stereocenters. The first-order chi connectivity index (χ1) is 66.3. The summed E-state index contributed by atoms with van der Waals surface area (Å²) < 4.78 is 107. The molecule has 0 aromatic heterocycles. The van der Waals surface area contributed by atoms with E-state index in [0.29, 0.717) is 27.2 Å². The van der Waals surface area contributed by atoms with Crippen LogP contribution in [0, 0.1) is 0 Å². The number of aliphatic hydroxyl groups is 2. The van der Waals surface area contributed by atoms with Crippen LogP contribution in [0.4, 0.5) is 26.3 Å². The molecule has 0 radical (unpaired) electrons. The third-order valence-corrected chi connectivity index (χ3v) is 29.1. The van der Waals surface area contributed by atoms with Crippen LogP contribution in [0.2, 0.25) is 0 Å². The molecule has 1 aliphatic heterocycles. The van der Waals surface area contributed by atoms with Crippen molar-refractivity contribution in [1.82, 2.24) is 0 Å². The Morgan fingerprint density at radius 2 is 0.543 bits per heavy atom. The van der Waals surface area contributed by atoms with Crippen LogP contribution < -0.4 is 22.4 Å². The van der Waals surface area contributed by atoms with Crippen molar-refractivity contribution in [1.29, 1.82) is 0.594 Å². The van der Waals surface area contributed by atoms with Gasteiger partial charge in [0.25, 0.3) is 0 Å². The number of alkyl halides is 7. The molecule has 748 valence electrons. The maximum atomic E-state index is 12.6. The summed E-state index contributed by atoms with van der Waals surface area (Å²) >= 11 is -0.160. The van der Waals surface area contributed by atoms with Gasteiger partial charge in [-0.05, 0) is 250 Å². The van der Waals surface area contributed by atoms with Gasteiger partial charge in [-0.3, -0.25) is 0 Å². The number of aliphatic hydroxyl groups excluding tert-OH is 2. The minimum atomic E-state index is -3.58. The van der Waals surface area contributed by atoms with Crippen molar-refractivity contribution >= 4 is 74.5 Å². The number of rotatable bonds is 28. The van der Waals surface area contributed by atoms with Crippen molar-refractivity contribution in [2.45, 2.75) is 274 Å². The van der Waals surface area contributed by atoms with Gasteiger partial charge in [-0.1, -0.05) is 218 Å². The first-order valence-electron chi connectivity index (χ1n) is 46.5. The number of aliphatic carboxylic acids is 2. The molecule has 138 heavy (non-hydrogen) atoms. The summed E-state index contributed by atoms with van der Waals surface area (Å²) in [7, 11) is -0.0439. The number of carbonyl (C=O) groups excluding carboxylic acids is 5. The van der Waals surface area contributed by atoms with Gasteiger partial charge in [-0.25, -0.2) is 33.6 Å². The van der Waals surface area contributed by atoms with Gasteiger partial charge < -0.3 is 48.8 Å². The number of carboxylic acid groups (broad SMARTS) is 2. The summed E-state index contributed by atoms with van der Waals surface area (Å²) in [6, 6.07) is 96.5. The van der Waals surface area contributed by atoms with E-state index in [1.165, 1.54) is 75.8 Å². The summed E-state index contributed by atoms with van der Waals surface area (Å²) in [6.45, 7) is 23.6. The third kappa shape index (κ3) is 43.5. The minimum absolute atomic E-state index is 0.0146. The van der Waals surface area contributed by atoms with Gasteiger partial charge in [0.1, 0.15) is 29.0 Å². The Labute approximate surface area is 834 Å². The van der Waals surface area contributed by atoms with Crippen LogP contribution >= 0.6 is 0 Å². The van der Waals surface area contributed by atoms with Crippen molar-refractivity contribution in [3.8, 4) is 0 Å². The number of ether oxygens (including phenoxy) is 6. The summed E-state index contributed by atoms with van der Waals surface area (Å²) in [4.78, 5) is 89.2. The molecule has 0 spiro atoms. The molecule has 0 amide bonds. The predicted octanol–water partition coefficient (Wildman–Crippen LogP) is 22.5. The maximum absolute atomic E-state index is 12.6. The molecule has 27 heteroatoms. The predicted molar refractivity (Wildman–Crippen MR) is 532 cm³/mol. The van der Waals surface area contributed by atoms with Crippen LogP contribution in [0.15, 0.2) is 366 Å². The van der Waals surface area contributed by atoms with Gasteiger partial charge in [0.15, 0.2) is 44.1 Å². The molecule has 1 heterocycles. The molecule has 5 aliphatic rings. The van der Waals surface area contributed by atoms with Gasteiger partial charge >= 0.3 is 87.5 Å². The SMILES string of the molecule is C1CCOC1.C=C(CO)C(=O)OC1(CC)CCCC1.C=C(CO)C(=O)OC1(CC)CCCC1.C=C(COC(=O)C(C)(F)F)C(=O)OC1(CC)CCCC1.C=CC(=O)OC1(CC)CCCC1.CC(F)(F)C(=O)O.CC(F)(F)C(=O)O.[2H][I-]C.c1ccc([S+](c2ccccc2)c2ccccc2)cc1.c1ccc([S+](c2ccccc2)c2ccccc2)cc1.c1ccc([S+](c2ccccc2)c2ccccc2)cc1. The second-order valence-corrected chi connectivity index (χ2v) is 38.9. The smallest absolute Gasteiger partial charge is 0.0619 e. The van der Waals surface area contributed by atoms with Gasteiger partial charge in [-0.15, -0.1) is 0 Å². The van der Waals surface area contributed by atoms with Crippen LogP contribution in [-0.4, -0.2) is 141 Å². The van der Waals surface area contributed by atoms with E-state index in [4.69, 9.17) is 44.7 Å². The molecule has 5 fully saturated rings. The summed E-state index contributed by atoms with van der Waals surface area (Å²) in [5.41, 5.74) is -1.06. The molecular formula is C111H137F6IO17S3+2. The summed E-state index contributed by atoms with van der Waals surface area (Å²) in [5.74, 6) is -18.5. The van der Waals surface area contributed by atoms with Crippen molar-refractivity contribution < 1.29 is 131 Å². The van der Waals surface area contributed by atoms with E-state index < -0.39 is 65.8 Å². The third-order valence-electron chi connectivity index (χ3n) is 22.4. The van der Waals surface area contributed by atoms with Crippen molar-refractivity contribution in [2.24, 2.45) is 0 Å². The molecule has 9 aromatic rings. The zero-order valence-corrected chi connectivity index (χ0v) is 85.1. The van der Waals surface area contributed by atoms with Crippen LogP contribution in [-0.2, 0) is 94.7 Å². The van der Waals surface area contributed by atoms with E-state index in [9.17, 15) is 59.9 Å². The fraction of sp³-hybridized carbons (Fsp3) is 0.378. The average Bonchev–Trinajstić information content (AvgIpc) is 1.80. The number of halogens is 7. The Kier molecular flexibility index (Phi) is 54.6.